The van der Waals surface area contributed by atoms with Crippen molar-refractivity contribution in [1.29, 1.82) is 0 Å². The van der Waals surface area contributed by atoms with Gasteiger partial charge in [0.25, 0.3) is 0 Å². The van der Waals surface area contributed by atoms with Gasteiger partial charge in [-0.15, -0.1) is 0 Å². The second-order valence-corrected chi connectivity index (χ2v) is 4.65. The van der Waals surface area contributed by atoms with E-state index in [2.05, 4.69) is 39.0 Å². The van der Waals surface area contributed by atoms with Gasteiger partial charge in [-0.1, -0.05) is 18.2 Å². The van der Waals surface area contributed by atoms with E-state index in [4.69, 9.17) is 5.73 Å². The Bertz CT molecular complexity index is 416. The van der Waals surface area contributed by atoms with Crippen LogP contribution >= 0.6 is 0 Å². The van der Waals surface area contributed by atoms with E-state index in [-0.39, 0.29) is 6.04 Å². The van der Waals surface area contributed by atoms with E-state index in [9.17, 15) is 0 Å². The first-order valence-electron chi connectivity index (χ1n) is 5.62. The van der Waals surface area contributed by atoms with Crippen molar-refractivity contribution in [3.05, 3.63) is 40.5 Å². The van der Waals surface area contributed by atoms with Crippen molar-refractivity contribution in [2.75, 3.05) is 0 Å². The SMILES string of the molecule is Cc1cc(C)c(C2=CC(N)CC2)cc1C. The van der Waals surface area contributed by atoms with Gasteiger partial charge in [0, 0.05) is 6.04 Å². The largest absolute Gasteiger partial charge is 0.324 e. The van der Waals surface area contributed by atoms with E-state index in [1.54, 1.807) is 0 Å². The molecular weight excluding hydrogens is 182 g/mol. The minimum Gasteiger partial charge on any atom is -0.324 e. The van der Waals surface area contributed by atoms with Crippen molar-refractivity contribution < 1.29 is 0 Å². The van der Waals surface area contributed by atoms with Gasteiger partial charge >= 0.3 is 0 Å². The number of hydrogen-bond acceptors (Lipinski definition) is 1. The van der Waals surface area contributed by atoms with Crippen LogP contribution in [0.25, 0.3) is 5.57 Å². The predicted molar refractivity (Wildman–Crippen MR) is 65.8 cm³/mol. The zero-order valence-corrected chi connectivity index (χ0v) is 9.80. The molecule has 0 saturated heterocycles. The van der Waals surface area contributed by atoms with Crippen LogP contribution < -0.4 is 5.73 Å². The third kappa shape index (κ3) is 1.98. The van der Waals surface area contributed by atoms with Gasteiger partial charge in [0.1, 0.15) is 0 Å². The number of allylic oxidation sites excluding steroid dienone is 1. The topological polar surface area (TPSA) is 26.0 Å². The normalized spacial score (nSPS) is 20.5. The zero-order chi connectivity index (χ0) is 11.0. The molecular formula is C14H19N. The summed E-state index contributed by atoms with van der Waals surface area (Å²) in [7, 11) is 0. The summed E-state index contributed by atoms with van der Waals surface area (Å²) in [6, 6.07) is 4.84. The minimum absolute atomic E-state index is 0.265. The van der Waals surface area contributed by atoms with Crippen molar-refractivity contribution in [2.45, 2.75) is 39.7 Å². The molecule has 1 unspecified atom stereocenters. The van der Waals surface area contributed by atoms with Crippen LogP contribution in [0.2, 0.25) is 0 Å². The average molecular weight is 201 g/mol. The third-order valence-corrected chi connectivity index (χ3v) is 3.35. The third-order valence-electron chi connectivity index (χ3n) is 3.35. The molecule has 80 valence electrons. The lowest BCUT2D eigenvalue weighted by molar-refractivity contribution is 0.782. The molecule has 0 fully saturated rings. The number of hydrogen-bond donors (Lipinski definition) is 1. The summed E-state index contributed by atoms with van der Waals surface area (Å²) in [4.78, 5) is 0. The summed E-state index contributed by atoms with van der Waals surface area (Å²) in [6.45, 7) is 6.53. The van der Waals surface area contributed by atoms with Gasteiger partial charge in [0.05, 0.1) is 0 Å². The highest BCUT2D eigenvalue weighted by atomic mass is 14.6. The number of aryl methyl sites for hydroxylation is 3. The van der Waals surface area contributed by atoms with Crippen LogP contribution in [0.15, 0.2) is 18.2 Å². The fourth-order valence-corrected chi connectivity index (χ4v) is 2.28. The Labute approximate surface area is 92.0 Å². The molecule has 0 radical (unpaired) electrons. The lowest BCUT2D eigenvalue weighted by atomic mass is 9.95. The van der Waals surface area contributed by atoms with E-state index >= 15 is 0 Å². The van der Waals surface area contributed by atoms with Crippen LogP contribution in [-0.2, 0) is 0 Å². The summed E-state index contributed by atoms with van der Waals surface area (Å²) in [5, 5.41) is 0. The molecule has 1 aromatic rings. The van der Waals surface area contributed by atoms with E-state index in [1.165, 1.54) is 27.8 Å². The number of benzene rings is 1. The van der Waals surface area contributed by atoms with Gasteiger partial charge in [0.15, 0.2) is 0 Å². The predicted octanol–water partition coefficient (Wildman–Crippen LogP) is 3.12. The molecule has 0 aliphatic heterocycles. The van der Waals surface area contributed by atoms with Gasteiger partial charge in [0.2, 0.25) is 0 Å². The Morgan fingerprint density at radius 1 is 1.07 bits per heavy atom. The van der Waals surface area contributed by atoms with Crippen LogP contribution in [0.1, 0.15) is 35.1 Å². The van der Waals surface area contributed by atoms with Crippen molar-refractivity contribution in [1.82, 2.24) is 0 Å². The second kappa shape index (κ2) is 3.82. The average Bonchev–Trinajstić information content (AvgIpc) is 2.58. The monoisotopic (exact) mass is 201 g/mol. The second-order valence-electron chi connectivity index (χ2n) is 4.65. The lowest BCUT2D eigenvalue weighted by Gasteiger charge is -2.10. The van der Waals surface area contributed by atoms with Crippen molar-refractivity contribution in [3.63, 3.8) is 0 Å². The molecule has 1 nitrogen and oxygen atoms in total. The van der Waals surface area contributed by atoms with Crippen molar-refractivity contribution >= 4 is 5.57 Å². The molecule has 2 N–H and O–H groups in total. The first-order chi connectivity index (χ1) is 7.08. The summed E-state index contributed by atoms with van der Waals surface area (Å²) < 4.78 is 0. The summed E-state index contributed by atoms with van der Waals surface area (Å²) in [5.74, 6) is 0. The molecule has 0 heterocycles. The Hall–Kier alpha value is -1.08. The van der Waals surface area contributed by atoms with Gasteiger partial charge in [-0.25, -0.2) is 0 Å². The maximum Gasteiger partial charge on any atom is 0.0232 e. The van der Waals surface area contributed by atoms with Crippen LogP contribution in [0.3, 0.4) is 0 Å². The quantitative estimate of drug-likeness (QED) is 0.742. The highest BCUT2D eigenvalue weighted by molar-refractivity contribution is 5.71. The summed E-state index contributed by atoms with van der Waals surface area (Å²) in [5.41, 5.74) is 12.9. The standard InChI is InChI=1S/C14H19N/c1-9-6-11(3)14(7-10(9)2)12-4-5-13(15)8-12/h6-8,13H,4-5,15H2,1-3H3. The number of rotatable bonds is 1. The Kier molecular flexibility index (Phi) is 2.66. The van der Waals surface area contributed by atoms with E-state index in [0.29, 0.717) is 0 Å². The lowest BCUT2D eigenvalue weighted by Crippen LogP contribution is -2.11. The minimum atomic E-state index is 0.265. The molecule has 1 heteroatoms. The first kappa shape index (κ1) is 10.4. The van der Waals surface area contributed by atoms with E-state index in [1.807, 2.05) is 0 Å². The Morgan fingerprint density at radius 2 is 1.73 bits per heavy atom. The molecule has 0 bridgehead atoms. The maximum absolute atomic E-state index is 5.90. The molecule has 0 amide bonds. The molecule has 1 aliphatic rings. The summed E-state index contributed by atoms with van der Waals surface area (Å²) >= 11 is 0. The Morgan fingerprint density at radius 3 is 2.33 bits per heavy atom. The van der Waals surface area contributed by atoms with Gasteiger partial charge < -0.3 is 5.73 Å². The number of nitrogens with two attached hydrogens (primary N) is 1. The highest BCUT2D eigenvalue weighted by Crippen LogP contribution is 2.30. The maximum atomic E-state index is 5.90. The highest BCUT2D eigenvalue weighted by Gasteiger charge is 2.15. The van der Waals surface area contributed by atoms with Gasteiger partial charge in [-0.05, 0) is 61.4 Å². The summed E-state index contributed by atoms with van der Waals surface area (Å²) in [6.07, 6.45) is 4.45. The van der Waals surface area contributed by atoms with Crippen molar-refractivity contribution in [3.8, 4) is 0 Å². The molecule has 1 atom stereocenters. The first-order valence-corrected chi connectivity index (χ1v) is 5.62. The van der Waals surface area contributed by atoms with Crippen LogP contribution in [0.5, 0.6) is 0 Å². The molecule has 1 aliphatic carbocycles. The van der Waals surface area contributed by atoms with E-state index < -0.39 is 0 Å². The van der Waals surface area contributed by atoms with Crippen LogP contribution in [0.4, 0.5) is 0 Å². The molecule has 15 heavy (non-hydrogen) atoms. The van der Waals surface area contributed by atoms with Crippen molar-refractivity contribution in [2.24, 2.45) is 5.73 Å². The molecule has 0 aromatic heterocycles. The molecule has 2 rings (SSSR count). The van der Waals surface area contributed by atoms with Crippen LogP contribution in [-0.4, -0.2) is 6.04 Å². The molecule has 0 saturated carbocycles. The zero-order valence-electron chi connectivity index (χ0n) is 9.80. The molecule has 1 aromatic carbocycles. The smallest absolute Gasteiger partial charge is 0.0232 e. The van der Waals surface area contributed by atoms with Gasteiger partial charge in [-0.2, -0.15) is 0 Å². The Balaban J connectivity index is 2.45. The molecule has 0 spiro atoms. The van der Waals surface area contributed by atoms with Crippen LogP contribution in [0, 0.1) is 20.8 Å². The van der Waals surface area contributed by atoms with E-state index in [0.717, 1.165) is 12.8 Å². The fraction of sp³-hybridized carbons (Fsp3) is 0.429. The van der Waals surface area contributed by atoms with Gasteiger partial charge in [-0.3, -0.25) is 0 Å². The fourth-order valence-electron chi connectivity index (χ4n) is 2.28.